The fourth-order valence-corrected chi connectivity index (χ4v) is 4.39. The SMILES string of the molecule is Cc1ccc(-c2cc(C(=O)N3CCN(C(=O)C4CCCCC4)CC3)[nH]n2)cc1C. The van der Waals surface area contributed by atoms with Gasteiger partial charge in [0, 0.05) is 37.7 Å². The number of amides is 2. The van der Waals surface area contributed by atoms with Crippen molar-refractivity contribution in [2.24, 2.45) is 5.92 Å². The molecule has 2 aromatic rings. The summed E-state index contributed by atoms with van der Waals surface area (Å²) in [5, 5.41) is 7.24. The van der Waals surface area contributed by atoms with E-state index in [1.54, 1.807) is 0 Å². The second-order valence-electron chi connectivity index (χ2n) is 8.42. The van der Waals surface area contributed by atoms with Crippen molar-refractivity contribution >= 4 is 11.8 Å². The normalized spacial score (nSPS) is 18.1. The zero-order valence-electron chi connectivity index (χ0n) is 17.4. The van der Waals surface area contributed by atoms with Crippen LogP contribution in [-0.2, 0) is 4.79 Å². The maximum absolute atomic E-state index is 12.9. The summed E-state index contributed by atoms with van der Waals surface area (Å²) in [4.78, 5) is 29.4. The van der Waals surface area contributed by atoms with Gasteiger partial charge >= 0.3 is 0 Å². The Morgan fingerprint density at radius 1 is 0.931 bits per heavy atom. The molecular formula is C23H30N4O2. The Labute approximate surface area is 172 Å². The molecule has 6 heteroatoms. The number of aromatic nitrogens is 2. The molecule has 2 aliphatic rings. The number of aromatic amines is 1. The molecule has 1 aliphatic carbocycles. The van der Waals surface area contributed by atoms with Crippen molar-refractivity contribution in [3.63, 3.8) is 0 Å². The van der Waals surface area contributed by atoms with E-state index in [9.17, 15) is 9.59 Å². The predicted octanol–water partition coefficient (Wildman–Crippen LogP) is 3.56. The highest BCUT2D eigenvalue weighted by atomic mass is 16.2. The molecule has 1 N–H and O–H groups in total. The van der Waals surface area contributed by atoms with Gasteiger partial charge in [0.25, 0.3) is 5.91 Å². The molecule has 6 nitrogen and oxygen atoms in total. The van der Waals surface area contributed by atoms with E-state index in [1.807, 2.05) is 21.9 Å². The largest absolute Gasteiger partial charge is 0.339 e. The highest BCUT2D eigenvalue weighted by Crippen LogP contribution is 2.26. The maximum Gasteiger partial charge on any atom is 0.272 e. The highest BCUT2D eigenvalue weighted by molar-refractivity contribution is 5.93. The summed E-state index contributed by atoms with van der Waals surface area (Å²) in [5.41, 5.74) is 4.73. The molecule has 1 aliphatic heterocycles. The van der Waals surface area contributed by atoms with Gasteiger partial charge in [-0.05, 0) is 49.9 Å². The zero-order chi connectivity index (χ0) is 20.4. The van der Waals surface area contributed by atoms with Crippen LogP contribution in [0.2, 0.25) is 0 Å². The third-order valence-electron chi connectivity index (χ3n) is 6.44. The van der Waals surface area contributed by atoms with E-state index in [0.29, 0.717) is 31.9 Å². The van der Waals surface area contributed by atoms with Crippen LogP contribution < -0.4 is 0 Å². The van der Waals surface area contributed by atoms with Crippen LogP contribution >= 0.6 is 0 Å². The molecule has 1 saturated heterocycles. The van der Waals surface area contributed by atoms with E-state index in [-0.39, 0.29) is 17.7 Å². The summed E-state index contributed by atoms with van der Waals surface area (Å²) in [5.74, 6) is 0.437. The second kappa shape index (κ2) is 8.39. The van der Waals surface area contributed by atoms with Crippen LogP contribution in [0.4, 0.5) is 0 Å². The molecule has 154 valence electrons. The van der Waals surface area contributed by atoms with Crippen molar-refractivity contribution in [3.8, 4) is 11.3 Å². The lowest BCUT2D eigenvalue weighted by Gasteiger charge is -2.37. The molecule has 2 amide bonds. The minimum atomic E-state index is -0.0441. The predicted molar refractivity (Wildman–Crippen MR) is 113 cm³/mol. The van der Waals surface area contributed by atoms with Crippen LogP contribution in [-0.4, -0.2) is 58.0 Å². The zero-order valence-corrected chi connectivity index (χ0v) is 17.4. The van der Waals surface area contributed by atoms with Crippen LogP contribution in [0.3, 0.4) is 0 Å². The fraction of sp³-hybridized carbons (Fsp3) is 0.522. The lowest BCUT2D eigenvalue weighted by molar-refractivity contribution is -0.138. The summed E-state index contributed by atoms with van der Waals surface area (Å²) in [6.45, 7) is 6.56. The first kappa shape index (κ1) is 19.7. The van der Waals surface area contributed by atoms with Crippen LogP contribution in [0.1, 0.15) is 53.7 Å². The van der Waals surface area contributed by atoms with Gasteiger partial charge in [0.05, 0.1) is 5.69 Å². The number of aryl methyl sites for hydroxylation is 2. The van der Waals surface area contributed by atoms with Gasteiger partial charge in [-0.25, -0.2) is 0 Å². The molecule has 1 aromatic carbocycles. The van der Waals surface area contributed by atoms with Gasteiger partial charge in [0.2, 0.25) is 5.91 Å². The van der Waals surface area contributed by atoms with Crippen molar-refractivity contribution in [2.45, 2.75) is 46.0 Å². The number of H-pyrrole nitrogens is 1. The van der Waals surface area contributed by atoms with Crippen LogP contribution in [0, 0.1) is 19.8 Å². The number of carbonyl (C=O) groups is 2. The van der Waals surface area contributed by atoms with Gasteiger partial charge in [-0.15, -0.1) is 0 Å². The van der Waals surface area contributed by atoms with E-state index >= 15 is 0 Å². The summed E-state index contributed by atoms with van der Waals surface area (Å²) < 4.78 is 0. The smallest absolute Gasteiger partial charge is 0.272 e. The van der Waals surface area contributed by atoms with Crippen molar-refractivity contribution in [1.82, 2.24) is 20.0 Å². The minimum Gasteiger partial charge on any atom is -0.339 e. The van der Waals surface area contributed by atoms with Crippen molar-refractivity contribution in [1.29, 1.82) is 0 Å². The number of rotatable bonds is 3. The van der Waals surface area contributed by atoms with E-state index in [1.165, 1.54) is 17.5 Å². The average Bonchev–Trinajstić information content (AvgIpc) is 3.25. The Bertz CT molecular complexity index is 890. The highest BCUT2D eigenvalue weighted by Gasteiger charge is 2.30. The molecule has 0 spiro atoms. The minimum absolute atomic E-state index is 0.0441. The number of nitrogens with one attached hydrogen (secondary N) is 1. The number of hydrogen-bond acceptors (Lipinski definition) is 3. The summed E-state index contributed by atoms with van der Waals surface area (Å²) in [6.07, 6.45) is 5.62. The molecule has 4 rings (SSSR count). The molecular weight excluding hydrogens is 364 g/mol. The van der Waals surface area contributed by atoms with Gasteiger partial charge in [0.15, 0.2) is 0 Å². The number of nitrogens with zero attached hydrogens (tertiary/aromatic N) is 3. The standard InChI is InChI=1S/C23H30N4O2/c1-16-8-9-19(14-17(16)2)20-15-21(25-24-20)23(29)27-12-10-26(11-13-27)22(28)18-6-4-3-5-7-18/h8-9,14-15,18H,3-7,10-13H2,1-2H3,(H,24,25). The molecule has 29 heavy (non-hydrogen) atoms. The lowest BCUT2D eigenvalue weighted by atomic mass is 9.88. The topological polar surface area (TPSA) is 69.3 Å². The molecule has 0 atom stereocenters. The number of benzene rings is 1. The number of carbonyl (C=O) groups excluding carboxylic acids is 2. The molecule has 1 aromatic heterocycles. The Morgan fingerprint density at radius 3 is 2.31 bits per heavy atom. The summed E-state index contributed by atoms with van der Waals surface area (Å²) >= 11 is 0. The van der Waals surface area contributed by atoms with Crippen molar-refractivity contribution in [2.75, 3.05) is 26.2 Å². The van der Waals surface area contributed by atoms with Crippen LogP contribution in [0.15, 0.2) is 24.3 Å². The van der Waals surface area contributed by atoms with Gasteiger partial charge in [-0.2, -0.15) is 5.10 Å². The quantitative estimate of drug-likeness (QED) is 0.865. The molecule has 1 saturated carbocycles. The molecule has 2 fully saturated rings. The van der Waals surface area contributed by atoms with E-state index in [4.69, 9.17) is 0 Å². The Morgan fingerprint density at radius 2 is 1.62 bits per heavy atom. The van der Waals surface area contributed by atoms with Gasteiger partial charge in [0.1, 0.15) is 5.69 Å². The molecule has 0 bridgehead atoms. The van der Waals surface area contributed by atoms with Gasteiger partial charge < -0.3 is 9.80 Å². The first-order chi connectivity index (χ1) is 14.0. The maximum atomic E-state index is 12.9. The Kier molecular flexibility index (Phi) is 5.69. The van der Waals surface area contributed by atoms with Gasteiger partial charge in [-0.1, -0.05) is 31.4 Å². The third-order valence-corrected chi connectivity index (χ3v) is 6.44. The number of hydrogen-bond donors (Lipinski definition) is 1. The second-order valence-corrected chi connectivity index (χ2v) is 8.42. The van der Waals surface area contributed by atoms with Crippen LogP contribution in [0.25, 0.3) is 11.3 Å². The molecule has 0 unspecified atom stereocenters. The number of piperazine rings is 1. The van der Waals surface area contributed by atoms with Crippen molar-refractivity contribution in [3.05, 3.63) is 41.1 Å². The fourth-order valence-electron chi connectivity index (χ4n) is 4.39. The first-order valence-corrected chi connectivity index (χ1v) is 10.7. The Hall–Kier alpha value is -2.63. The van der Waals surface area contributed by atoms with Crippen LogP contribution in [0.5, 0.6) is 0 Å². The average molecular weight is 395 g/mol. The monoisotopic (exact) mass is 394 g/mol. The van der Waals surface area contributed by atoms with E-state index in [0.717, 1.165) is 36.9 Å². The van der Waals surface area contributed by atoms with E-state index < -0.39 is 0 Å². The summed E-state index contributed by atoms with van der Waals surface area (Å²) in [6, 6.07) is 8.02. The lowest BCUT2D eigenvalue weighted by Crippen LogP contribution is -2.52. The molecule has 2 heterocycles. The third kappa shape index (κ3) is 4.21. The van der Waals surface area contributed by atoms with Gasteiger partial charge in [-0.3, -0.25) is 14.7 Å². The Balaban J connectivity index is 1.37. The molecule has 0 radical (unpaired) electrons. The van der Waals surface area contributed by atoms with Crippen molar-refractivity contribution < 1.29 is 9.59 Å². The summed E-state index contributed by atoms with van der Waals surface area (Å²) in [7, 11) is 0. The van der Waals surface area contributed by atoms with E-state index in [2.05, 4.69) is 36.2 Å². The first-order valence-electron chi connectivity index (χ1n) is 10.7.